The lowest BCUT2D eigenvalue weighted by Crippen LogP contribution is -2.53. The summed E-state index contributed by atoms with van der Waals surface area (Å²) in [4.78, 5) is 27.2. The molecule has 7 nitrogen and oxygen atoms in total. The molecule has 0 spiro atoms. The monoisotopic (exact) mass is 507 g/mol. The third kappa shape index (κ3) is 4.48. The Morgan fingerprint density at radius 3 is 1.94 bits per heavy atom. The van der Waals surface area contributed by atoms with Gasteiger partial charge in [0, 0.05) is 18.7 Å². The number of benzene rings is 3. The molecule has 0 aliphatic heterocycles. The molecular weight excluding hydrogens is 478 g/mol. The van der Waals surface area contributed by atoms with Crippen molar-refractivity contribution in [1.82, 2.24) is 4.90 Å². The van der Waals surface area contributed by atoms with Gasteiger partial charge in [-0.3, -0.25) is 4.90 Å². The number of carbonyl (C=O) groups is 2. The fourth-order valence-electron chi connectivity index (χ4n) is 4.81. The van der Waals surface area contributed by atoms with E-state index in [2.05, 4.69) is 0 Å². The number of sulfone groups is 1. The Kier molecular flexibility index (Phi) is 6.91. The van der Waals surface area contributed by atoms with Crippen LogP contribution in [0.2, 0.25) is 0 Å². The number of nitrogens with zero attached hydrogens (tertiary/aromatic N) is 1. The van der Waals surface area contributed by atoms with E-state index in [9.17, 15) is 23.1 Å². The van der Waals surface area contributed by atoms with E-state index >= 15 is 0 Å². The predicted molar refractivity (Wildman–Crippen MR) is 137 cm³/mol. The SMILES string of the molecule is CCCN(C(=O)OCC1c2ccccc2-c2ccccc21)C(C)(C(=O)O)c1ccc(S(C)(=O)=O)cc1. The number of carboxylic acids is 1. The molecule has 1 amide bonds. The Morgan fingerprint density at radius 1 is 0.944 bits per heavy atom. The molecule has 1 N–H and O–H groups in total. The van der Waals surface area contributed by atoms with Crippen LogP contribution in [0.25, 0.3) is 11.1 Å². The second-order valence-electron chi connectivity index (χ2n) is 9.13. The summed E-state index contributed by atoms with van der Waals surface area (Å²) in [5.74, 6) is -1.40. The molecule has 0 radical (unpaired) electrons. The second kappa shape index (κ2) is 9.78. The first-order valence-electron chi connectivity index (χ1n) is 11.8. The molecule has 3 aromatic rings. The molecule has 4 rings (SSSR count). The molecule has 0 saturated carbocycles. The van der Waals surface area contributed by atoms with Crippen molar-refractivity contribution in [3.05, 3.63) is 89.5 Å². The molecule has 0 saturated heterocycles. The molecule has 1 atom stereocenters. The highest BCUT2D eigenvalue weighted by Gasteiger charge is 2.45. The first-order chi connectivity index (χ1) is 17.1. The first-order valence-corrected chi connectivity index (χ1v) is 13.6. The summed E-state index contributed by atoms with van der Waals surface area (Å²) < 4.78 is 29.5. The molecule has 1 aliphatic carbocycles. The van der Waals surface area contributed by atoms with E-state index in [1.165, 1.54) is 36.1 Å². The van der Waals surface area contributed by atoms with Crippen LogP contribution in [0.4, 0.5) is 4.79 Å². The van der Waals surface area contributed by atoms with Gasteiger partial charge in [0.2, 0.25) is 0 Å². The van der Waals surface area contributed by atoms with Crippen molar-refractivity contribution in [3.8, 4) is 11.1 Å². The number of carboxylic acid groups (broad SMARTS) is 1. The average Bonchev–Trinajstić information content (AvgIpc) is 3.18. The maximum Gasteiger partial charge on any atom is 0.411 e. The number of aliphatic carboxylic acids is 1. The van der Waals surface area contributed by atoms with Crippen LogP contribution in [0.5, 0.6) is 0 Å². The molecule has 8 heteroatoms. The van der Waals surface area contributed by atoms with Gasteiger partial charge < -0.3 is 9.84 Å². The van der Waals surface area contributed by atoms with E-state index < -0.39 is 27.4 Å². The maximum atomic E-state index is 13.4. The number of hydrogen-bond donors (Lipinski definition) is 1. The van der Waals surface area contributed by atoms with Crippen molar-refractivity contribution >= 4 is 21.9 Å². The van der Waals surface area contributed by atoms with Gasteiger partial charge >= 0.3 is 12.1 Å². The average molecular weight is 508 g/mol. The summed E-state index contributed by atoms with van der Waals surface area (Å²) in [6.45, 7) is 3.49. The van der Waals surface area contributed by atoms with Crippen LogP contribution in [0.15, 0.2) is 77.7 Å². The summed E-state index contributed by atoms with van der Waals surface area (Å²) in [5, 5.41) is 10.2. The van der Waals surface area contributed by atoms with Crippen LogP contribution in [0.1, 0.15) is 42.9 Å². The van der Waals surface area contributed by atoms with Gasteiger partial charge in [-0.15, -0.1) is 0 Å². The fourth-order valence-corrected chi connectivity index (χ4v) is 5.44. The zero-order chi connectivity index (χ0) is 26.1. The van der Waals surface area contributed by atoms with Crippen molar-refractivity contribution in [2.75, 3.05) is 19.4 Å². The van der Waals surface area contributed by atoms with Gasteiger partial charge in [-0.2, -0.15) is 0 Å². The lowest BCUT2D eigenvalue weighted by atomic mass is 9.90. The third-order valence-electron chi connectivity index (χ3n) is 6.80. The molecule has 1 unspecified atom stereocenters. The zero-order valence-electron chi connectivity index (χ0n) is 20.5. The Bertz CT molecular complexity index is 1350. The van der Waals surface area contributed by atoms with Crippen LogP contribution in [-0.2, 0) is 24.9 Å². The summed E-state index contributed by atoms with van der Waals surface area (Å²) >= 11 is 0. The summed E-state index contributed by atoms with van der Waals surface area (Å²) in [7, 11) is -3.45. The van der Waals surface area contributed by atoms with Crippen LogP contribution >= 0.6 is 0 Å². The molecule has 0 bridgehead atoms. The molecule has 0 heterocycles. The Hall–Kier alpha value is -3.65. The number of ether oxygens (including phenoxy) is 1. The van der Waals surface area contributed by atoms with Crippen LogP contribution in [0.3, 0.4) is 0 Å². The summed E-state index contributed by atoms with van der Waals surface area (Å²) in [6, 6.07) is 21.5. The molecule has 188 valence electrons. The number of rotatable bonds is 8. The van der Waals surface area contributed by atoms with E-state index in [-0.39, 0.29) is 29.5 Å². The number of fused-ring (bicyclic) bond motifs is 3. The minimum atomic E-state index is -3.45. The van der Waals surface area contributed by atoms with Crippen LogP contribution in [0, 0.1) is 0 Å². The van der Waals surface area contributed by atoms with Gasteiger partial charge in [-0.25, -0.2) is 18.0 Å². The van der Waals surface area contributed by atoms with Crippen molar-refractivity contribution < 1.29 is 27.9 Å². The molecule has 36 heavy (non-hydrogen) atoms. The molecule has 1 aliphatic rings. The van der Waals surface area contributed by atoms with Gasteiger partial charge in [0.1, 0.15) is 6.61 Å². The third-order valence-corrected chi connectivity index (χ3v) is 7.93. The summed E-state index contributed by atoms with van der Waals surface area (Å²) in [6.07, 6.45) is 0.850. The highest BCUT2D eigenvalue weighted by molar-refractivity contribution is 7.90. The van der Waals surface area contributed by atoms with Crippen molar-refractivity contribution in [2.45, 2.75) is 36.6 Å². The van der Waals surface area contributed by atoms with E-state index in [4.69, 9.17) is 4.74 Å². The number of amides is 1. The minimum absolute atomic E-state index is 0.0653. The van der Waals surface area contributed by atoms with Gasteiger partial charge in [0.05, 0.1) is 4.90 Å². The molecular formula is C28H29NO6S. The molecule has 0 fully saturated rings. The lowest BCUT2D eigenvalue weighted by molar-refractivity contribution is -0.150. The quantitative estimate of drug-likeness (QED) is 0.458. The topological polar surface area (TPSA) is 101 Å². The lowest BCUT2D eigenvalue weighted by Gasteiger charge is -2.37. The number of hydrogen-bond acceptors (Lipinski definition) is 5. The standard InChI is InChI=1S/C28H29NO6S/c1-4-17-29(28(2,26(30)31)19-13-15-20(16-14-19)36(3,33)34)27(32)35-18-25-23-11-7-5-9-21(23)22-10-6-8-12-24(22)25/h5-16,25H,4,17-18H2,1-3H3,(H,30,31). The Balaban J connectivity index is 1.63. The van der Waals surface area contributed by atoms with Gasteiger partial charge in [-0.1, -0.05) is 67.6 Å². The highest BCUT2D eigenvalue weighted by Crippen LogP contribution is 2.44. The first kappa shape index (κ1) is 25.4. The zero-order valence-corrected chi connectivity index (χ0v) is 21.3. The largest absolute Gasteiger partial charge is 0.479 e. The molecule has 0 aromatic heterocycles. The van der Waals surface area contributed by atoms with Crippen molar-refractivity contribution in [1.29, 1.82) is 0 Å². The van der Waals surface area contributed by atoms with E-state index in [0.717, 1.165) is 28.5 Å². The van der Waals surface area contributed by atoms with Crippen molar-refractivity contribution in [3.63, 3.8) is 0 Å². The minimum Gasteiger partial charge on any atom is -0.479 e. The number of carbonyl (C=O) groups excluding carboxylic acids is 1. The Morgan fingerprint density at radius 2 is 1.47 bits per heavy atom. The summed E-state index contributed by atoms with van der Waals surface area (Å²) in [5.41, 5.74) is 2.84. The highest BCUT2D eigenvalue weighted by atomic mass is 32.2. The Labute approximate surface area is 211 Å². The van der Waals surface area contributed by atoms with Gasteiger partial charge in [0.25, 0.3) is 0 Å². The van der Waals surface area contributed by atoms with Gasteiger partial charge in [0.15, 0.2) is 15.4 Å². The van der Waals surface area contributed by atoms with Crippen LogP contribution in [-0.4, -0.2) is 49.9 Å². The van der Waals surface area contributed by atoms with E-state index in [1.54, 1.807) is 0 Å². The van der Waals surface area contributed by atoms with Crippen LogP contribution < -0.4 is 0 Å². The van der Waals surface area contributed by atoms with Crippen molar-refractivity contribution in [2.24, 2.45) is 0 Å². The fraction of sp³-hybridized carbons (Fsp3) is 0.286. The molecule has 3 aromatic carbocycles. The van der Waals surface area contributed by atoms with Gasteiger partial charge in [-0.05, 0) is 53.3 Å². The maximum absolute atomic E-state index is 13.4. The smallest absolute Gasteiger partial charge is 0.411 e. The predicted octanol–water partition coefficient (Wildman–Crippen LogP) is 5.05. The van der Waals surface area contributed by atoms with E-state index in [1.807, 2.05) is 55.5 Å². The normalized spacial score (nSPS) is 14.4. The van der Waals surface area contributed by atoms with E-state index in [0.29, 0.717) is 6.42 Å². The second-order valence-corrected chi connectivity index (χ2v) is 11.1.